The first-order valence-electron chi connectivity index (χ1n) is 2.60. The van der Waals surface area contributed by atoms with Crippen LogP contribution in [0.2, 0.25) is 0 Å². The van der Waals surface area contributed by atoms with Crippen LogP contribution in [0.4, 0.5) is 0 Å². The second-order valence-corrected chi connectivity index (χ2v) is 2.01. The summed E-state index contributed by atoms with van der Waals surface area (Å²) < 4.78 is 5.02. The van der Waals surface area contributed by atoms with Crippen molar-refractivity contribution in [3.8, 4) is 0 Å². The summed E-state index contributed by atoms with van der Waals surface area (Å²) in [5.74, 6) is 0.647. The Bertz CT molecular complexity index is 50.0. The minimum atomic E-state index is 0.615. The van der Waals surface area contributed by atoms with Gasteiger partial charge in [-0.15, -0.1) is 0 Å². The Kier molecular flexibility index (Phi) is 1.65. The Morgan fingerprint density at radius 2 is 2.57 bits per heavy atom. The first kappa shape index (κ1) is 5.06. The van der Waals surface area contributed by atoms with Crippen LogP contribution in [0, 0.1) is 5.92 Å². The number of ether oxygens (including phenoxy) is 1. The second-order valence-electron chi connectivity index (χ2n) is 2.01. The molecule has 2 nitrogen and oxygen atoms in total. The van der Waals surface area contributed by atoms with Gasteiger partial charge in [-0.3, -0.25) is 0 Å². The average Bonchev–Trinajstić information content (AvgIpc) is 1.69. The molecule has 0 saturated carbocycles. The maximum atomic E-state index is 5.02. The fourth-order valence-electron chi connectivity index (χ4n) is 0.644. The molecular weight excluding hydrogens is 90.1 g/mol. The van der Waals surface area contributed by atoms with Crippen molar-refractivity contribution in [3.05, 3.63) is 0 Å². The van der Waals surface area contributed by atoms with Crippen LogP contribution in [0.15, 0.2) is 0 Å². The fraction of sp³-hybridized carbons (Fsp3) is 1.00. The van der Waals surface area contributed by atoms with E-state index in [9.17, 15) is 0 Å². The normalized spacial score (nSPS) is 33.0. The number of nitrogens with zero attached hydrogens (tertiary/aromatic N) is 1. The second kappa shape index (κ2) is 2.28. The molecule has 1 rings (SSSR count). The largest absolute Gasteiger partial charge is 0.364 e. The Morgan fingerprint density at radius 3 is 2.86 bits per heavy atom. The van der Waals surface area contributed by atoms with E-state index in [1.54, 1.807) is 0 Å². The van der Waals surface area contributed by atoms with Crippen LogP contribution in [-0.4, -0.2) is 19.9 Å². The summed E-state index contributed by atoms with van der Waals surface area (Å²) in [4.78, 5) is 0. The minimum absolute atomic E-state index is 0.615. The smallest absolute Gasteiger partial charge is 0.112 e. The van der Waals surface area contributed by atoms with Crippen LogP contribution < -0.4 is 5.32 Å². The molecule has 7 heavy (non-hydrogen) atoms. The molecule has 0 aromatic carbocycles. The van der Waals surface area contributed by atoms with E-state index in [1.165, 1.54) is 0 Å². The molecule has 0 aliphatic carbocycles. The molecule has 1 saturated heterocycles. The van der Waals surface area contributed by atoms with Crippen molar-refractivity contribution in [2.45, 2.75) is 6.92 Å². The van der Waals surface area contributed by atoms with Crippen molar-refractivity contribution in [2.24, 2.45) is 5.92 Å². The van der Waals surface area contributed by atoms with Gasteiger partial charge in [-0.05, 0) is 5.92 Å². The van der Waals surface area contributed by atoms with Crippen LogP contribution in [0.3, 0.4) is 0 Å². The van der Waals surface area contributed by atoms with E-state index in [-0.39, 0.29) is 0 Å². The monoisotopic (exact) mass is 100 g/mol. The molecule has 2 heteroatoms. The quantitative estimate of drug-likeness (QED) is 0.427. The predicted octanol–water partition coefficient (Wildman–Crippen LogP) is 0.215. The number of rotatable bonds is 0. The lowest BCUT2D eigenvalue weighted by Gasteiger charge is -2.16. The van der Waals surface area contributed by atoms with Crippen molar-refractivity contribution >= 4 is 0 Å². The highest BCUT2D eigenvalue weighted by Gasteiger charge is 2.06. The number of hydrogen-bond donors (Lipinski definition) is 0. The molecule has 1 aliphatic rings. The van der Waals surface area contributed by atoms with Gasteiger partial charge in [-0.25, -0.2) is 5.32 Å². The van der Waals surface area contributed by atoms with E-state index in [4.69, 9.17) is 4.74 Å². The van der Waals surface area contributed by atoms with Gasteiger partial charge in [0.05, 0.1) is 6.61 Å². The summed E-state index contributed by atoms with van der Waals surface area (Å²) in [6.07, 6.45) is 0. The lowest BCUT2D eigenvalue weighted by molar-refractivity contribution is 0.0493. The van der Waals surface area contributed by atoms with E-state index in [0.717, 1.165) is 13.2 Å². The van der Waals surface area contributed by atoms with Crippen molar-refractivity contribution in [1.29, 1.82) is 0 Å². The summed E-state index contributed by atoms with van der Waals surface area (Å²) in [7, 11) is 0. The molecule has 0 N–H and O–H groups in total. The van der Waals surface area contributed by atoms with E-state index in [1.807, 2.05) is 0 Å². The summed E-state index contributed by atoms with van der Waals surface area (Å²) in [5.41, 5.74) is 0. The highest BCUT2D eigenvalue weighted by atomic mass is 16.5. The Labute approximate surface area is 43.9 Å². The van der Waals surface area contributed by atoms with E-state index in [2.05, 4.69) is 12.2 Å². The van der Waals surface area contributed by atoms with Crippen LogP contribution >= 0.6 is 0 Å². The summed E-state index contributed by atoms with van der Waals surface area (Å²) in [5, 5.41) is 4.04. The molecular formula is C5H10NO. The third-order valence-electron chi connectivity index (χ3n) is 1.03. The molecule has 1 heterocycles. The lowest BCUT2D eigenvalue weighted by atomic mass is 10.2. The van der Waals surface area contributed by atoms with Crippen LogP contribution in [0.25, 0.3) is 0 Å². The Balaban J connectivity index is 2.12. The Hall–Kier alpha value is -0.0800. The van der Waals surface area contributed by atoms with Gasteiger partial charge < -0.3 is 4.74 Å². The fourth-order valence-corrected chi connectivity index (χ4v) is 0.644. The molecule has 1 unspecified atom stereocenters. The molecule has 41 valence electrons. The van der Waals surface area contributed by atoms with Crippen LogP contribution in [0.1, 0.15) is 6.92 Å². The SMILES string of the molecule is CC1C[N]COC1. The standard InChI is InChI=1S/C5H10NO/c1-5-2-6-4-7-3-5/h5H,2-4H2,1H3. The van der Waals surface area contributed by atoms with Crippen molar-refractivity contribution in [1.82, 2.24) is 5.32 Å². The first-order valence-corrected chi connectivity index (χ1v) is 2.60. The maximum Gasteiger partial charge on any atom is 0.112 e. The van der Waals surface area contributed by atoms with Crippen LogP contribution in [-0.2, 0) is 4.74 Å². The van der Waals surface area contributed by atoms with Crippen molar-refractivity contribution < 1.29 is 4.74 Å². The summed E-state index contributed by atoms with van der Waals surface area (Å²) in [6, 6.07) is 0. The zero-order valence-electron chi connectivity index (χ0n) is 4.55. The molecule has 1 atom stereocenters. The molecule has 1 radical (unpaired) electrons. The van der Waals surface area contributed by atoms with Crippen molar-refractivity contribution in [2.75, 3.05) is 19.9 Å². The topological polar surface area (TPSA) is 23.3 Å². The van der Waals surface area contributed by atoms with E-state index >= 15 is 0 Å². The van der Waals surface area contributed by atoms with Gasteiger partial charge in [-0.2, -0.15) is 0 Å². The molecule has 0 bridgehead atoms. The van der Waals surface area contributed by atoms with Gasteiger partial charge in [0, 0.05) is 6.54 Å². The molecule has 0 aromatic rings. The van der Waals surface area contributed by atoms with Gasteiger partial charge in [0.2, 0.25) is 0 Å². The van der Waals surface area contributed by atoms with Gasteiger partial charge >= 0.3 is 0 Å². The first-order chi connectivity index (χ1) is 3.39. The summed E-state index contributed by atoms with van der Waals surface area (Å²) in [6.45, 7) is 4.64. The highest BCUT2D eigenvalue weighted by Crippen LogP contribution is 1.97. The molecule has 0 aromatic heterocycles. The van der Waals surface area contributed by atoms with E-state index < -0.39 is 0 Å². The average molecular weight is 100 g/mol. The Morgan fingerprint density at radius 1 is 1.71 bits per heavy atom. The van der Waals surface area contributed by atoms with E-state index in [0.29, 0.717) is 12.6 Å². The molecule has 0 spiro atoms. The van der Waals surface area contributed by atoms with Gasteiger partial charge in [0.15, 0.2) is 0 Å². The molecule has 0 amide bonds. The molecule has 1 fully saturated rings. The minimum Gasteiger partial charge on any atom is -0.364 e. The van der Waals surface area contributed by atoms with Crippen LogP contribution in [0.5, 0.6) is 0 Å². The van der Waals surface area contributed by atoms with Crippen molar-refractivity contribution in [3.63, 3.8) is 0 Å². The lowest BCUT2D eigenvalue weighted by Crippen LogP contribution is -2.27. The molecule has 1 aliphatic heterocycles. The van der Waals surface area contributed by atoms with Gasteiger partial charge in [0.25, 0.3) is 0 Å². The third kappa shape index (κ3) is 1.45. The number of hydrogen-bond acceptors (Lipinski definition) is 1. The maximum absolute atomic E-state index is 5.02. The van der Waals surface area contributed by atoms with Gasteiger partial charge in [0.1, 0.15) is 6.73 Å². The zero-order valence-corrected chi connectivity index (χ0v) is 4.55. The zero-order chi connectivity index (χ0) is 5.11. The van der Waals surface area contributed by atoms with Gasteiger partial charge in [-0.1, -0.05) is 6.92 Å². The third-order valence-corrected chi connectivity index (χ3v) is 1.03. The highest BCUT2D eigenvalue weighted by molar-refractivity contribution is 4.56. The summed E-state index contributed by atoms with van der Waals surface area (Å²) >= 11 is 0. The predicted molar refractivity (Wildman–Crippen MR) is 27.0 cm³/mol.